The summed E-state index contributed by atoms with van der Waals surface area (Å²) in [4.78, 5) is 4.22. The zero-order valence-electron chi connectivity index (χ0n) is 9.91. The molecular weight excluding hydrogens is 200 g/mol. The summed E-state index contributed by atoms with van der Waals surface area (Å²) in [5.41, 5.74) is 1.17. The minimum Gasteiger partial charge on any atom is -0.478 e. The van der Waals surface area contributed by atoms with Gasteiger partial charge < -0.3 is 10.1 Å². The lowest BCUT2D eigenvalue weighted by molar-refractivity contribution is 0.260. The number of aryl methyl sites for hydroxylation is 1. The molecule has 1 N–H and O–H groups in total. The smallest absolute Gasteiger partial charge is 0.213 e. The second kappa shape index (κ2) is 5.85. The topological polar surface area (TPSA) is 34.1 Å². The molecule has 1 aliphatic heterocycles. The molecule has 0 radical (unpaired) electrons. The van der Waals surface area contributed by atoms with Crippen molar-refractivity contribution < 1.29 is 4.74 Å². The van der Waals surface area contributed by atoms with Crippen LogP contribution in [0.2, 0.25) is 0 Å². The van der Waals surface area contributed by atoms with Crippen molar-refractivity contribution >= 4 is 0 Å². The van der Waals surface area contributed by atoms with Gasteiger partial charge in [0.25, 0.3) is 0 Å². The van der Waals surface area contributed by atoms with Gasteiger partial charge in [-0.3, -0.25) is 0 Å². The molecular formula is C13H20N2O. The SMILES string of the molecule is Cc1ccc(OCC[C@@H]2CCCCN2)nc1. The lowest BCUT2D eigenvalue weighted by Crippen LogP contribution is -2.35. The van der Waals surface area contributed by atoms with Crippen LogP contribution in [0.3, 0.4) is 0 Å². The van der Waals surface area contributed by atoms with Crippen molar-refractivity contribution in [2.75, 3.05) is 13.2 Å². The maximum atomic E-state index is 5.61. The summed E-state index contributed by atoms with van der Waals surface area (Å²) in [5.74, 6) is 0.737. The molecule has 88 valence electrons. The molecule has 2 rings (SSSR count). The lowest BCUT2D eigenvalue weighted by atomic mass is 10.0. The van der Waals surface area contributed by atoms with Crippen LogP contribution in [0.4, 0.5) is 0 Å². The first-order valence-electron chi connectivity index (χ1n) is 6.13. The van der Waals surface area contributed by atoms with Gasteiger partial charge in [0, 0.05) is 18.3 Å². The van der Waals surface area contributed by atoms with Gasteiger partial charge in [-0.05, 0) is 38.3 Å². The van der Waals surface area contributed by atoms with Gasteiger partial charge in [-0.15, -0.1) is 0 Å². The van der Waals surface area contributed by atoms with Gasteiger partial charge in [0.05, 0.1) is 6.61 Å². The van der Waals surface area contributed by atoms with Gasteiger partial charge >= 0.3 is 0 Å². The van der Waals surface area contributed by atoms with Crippen molar-refractivity contribution in [3.05, 3.63) is 23.9 Å². The van der Waals surface area contributed by atoms with E-state index in [0.717, 1.165) is 25.5 Å². The average molecular weight is 220 g/mol. The molecule has 0 aromatic carbocycles. The predicted octanol–water partition coefficient (Wildman–Crippen LogP) is 2.30. The van der Waals surface area contributed by atoms with E-state index in [-0.39, 0.29) is 0 Å². The van der Waals surface area contributed by atoms with E-state index in [2.05, 4.69) is 10.3 Å². The minimum absolute atomic E-state index is 0.638. The second-order valence-corrected chi connectivity index (χ2v) is 4.46. The summed E-state index contributed by atoms with van der Waals surface area (Å²) in [5, 5.41) is 3.51. The van der Waals surface area contributed by atoms with Crippen molar-refractivity contribution in [3.63, 3.8) is 0 Å². The summed E-state index contributed by atoms with van der Waals surface area (Å²) in [6, 6.07) is 4.60. The number of nitrogens with zero attached hydrogens (tertiary/aromatic N) is 1. The Labute approximate surface area is 97.2 Å². The molecule has 1 aromatic rings. The first kappa shape index (κ1) is 11.4. The van der Waals surface area contributed by atoms with Crippen LogP contribution < -0.4 is 10.1 Å². The largest absolute Gasteiger partial charge is 0.478 e. The molecule has 3 heteroatoms. The molecule has 2 heterocycles. The Hall–Kier alpha value is -1.09. The van der Waals surface area contributed by atoms with E-state index in [0.29, 0.717) is 6.04 Å². The molecule has 0 spiro atoms. The highest BCUT2D eigenvalue weighted by Crippen LogP contribution is 2.11. The van der Waals surface area contributed by atoms with Crippen LogP contribution in [0.25, 0.3) is 0 Å². The number of aromatic nitrogens is 1. The van der Waals surface area contributed by atoms with Gasteiger partial charge in [0.15, 0.2) is 0 Å². The van der Waals surface area contributed by atoms with Crippen LogP contribution in [0.1, 0.15) is 31.2 Å². The van der Waals surface area contributed by atoms with E-state index in [4.69, 9.17) is 4.74 Å². The Balaban J connectivity index is 1.69. The number of rotatable bonds is 4. The zero-order chi connectivity index (χ0) is 11.2. The second-order valence-electron chi connectivity index (χ2n) is 4.46. The van der Waals surface area contributed by atoms with Gasteiger partial charge in [-0.25, -0.2) is 4.98 Å². The van der Waals surface area contributed by atoms with Crippen molar-refractivity contribution in [2.24, 2.45) is 0 Å². The number of hydrogen-bond acceptors (Lipinski definition) is 3. The number of pyridine rings is 1. The maximum absolute atomic E-state index is 5.61. The lowest BCUT2D eigenvalue weighted by Gasteiger charge is -2.23. The average Bonchev–Trinajstić information content (AvgIpc) is 2.33. The number of piperidine rings is 1. The summed E-state index contributed by atoms with van der Waals surface area (Å²) < 4.78 is 5.61. The van der Waals surface area contributed by atoms with E-state index in [1.54, 1.807) is 0 Å². The molecule has 1 fully saturated rings. The summed E-state index contributed by atoms with van der Waals surface area (Å²) >= 11 is 0. The molecule has 0 saturated carbocycles. The summed E-state index contributed by atoms with van der Waals surface area (Å²) in [7, 11) is 0. The van der Waals surface area contributed by atoms with Crippen molar-refractivity contribution in [2.45, 2.75) is 38.6 Å². The number of ether oxygens (including phenoxy) is 1. The monoisotopic (exact) mass is 220 g/mol. The standard InChI is InChI=1S/C13H20N2O/c1-11-5-6-13(15-10-11)16-9-7-12-4-2-3-8-14-12/h5-6,10,12,14H,2-4,7-9H2,1H3/t12-/m0/s1. The van der Waals surface area contributed by atoms with Crippen LogP contribution in [-0.4, -0.2) is 24.2 Å². The van der Waals surface area contributed by atoms with Crippen molar-refractivity contribution in [1.82, 2.24) is 10.3 Å². The molecule has 0 bridgehead atoms. The first-order valence-corrected chi connectivity index (χ1v) is 6.13. The Morgan fingerprint density at radius 2 is 2.38 bits per heavy atom. The molecule has 1 atom stereocenters. The number of nitrogens with one attached hydrogen (secondary N) is 1. The third-order valence-electron chi connectivity index (χ3n) is 3.01. The van der Waals surface area contributed by atoms with Crippen LogP contribution in [0, 0.1) is 6.92 Å². The maximum Gasteiger partial charge on any atom is 0.213 e. The predicted molar refractivity (Wildman–Crippen MR) is 64.7 cm³/mol. The highest BCUT2D eigenvalue weighted by molar-refractivity contribution is 5.16. The molecule has 1 saturated heterocycles. The summed E-state index contributed by atoms with van der Waals surface area (Å²) in [6.07, 6.45) is 6.87. The first-order chi connectivity index (χ1) is 7.84. The van der Waals surface area contributed by atoms with Gasteiger partial charge in [0.1, 0.15) is 0 Å². The Bertz CT molecular complexity index is 304. The van der Waals surface area contributed by atoms with Gasteiger partial charge in [-0.1, -0.05) is 12.5 Å². The van der Waals surface area contributed by atoms with E-state index in [9.17, 15) is 0 Å². The van der Waals surface area contributed by atoms with Gasteiger partial charge in [-0.2, -0.15) is 0 Å². The van der Waals surface area contributed by atoms with Crippen LogP contribution in [0.5, 0.6) is 5.88 Å². The highest BCUT2D eigenvalue weighted by Gasteiger charge is 2.11. The Kier molecular flexibility index (Phi) is 4.17. The highest BCUT2D eigenvalue weighted by atomic mass is 16.5. The third kappa shape index (κ3) is 3.49. The molecule has 1 aromatic heterocycles. The molecule has 0 unspecified atom stereocenters. The Morgan fingerprint density at radius 3 is 3.06 bits per heavy atom. The van der Waals surface area contributed by atoms with Crippen molar-refractivity contribution in [3.8, 4) is 5.88 Å². The zero-order valence-corrected chi connectivity index (χ0v) is 9.91. The summed E-state index contributed by atoms with van der Waals surface area (Å²) in [6.45, 7) is 3.95. The fourth-order valence-corrected chi connectivity index (χ4v) is 2.02. The molecule has 16 heavy (non-hydrogen) atoms. The van der Waals surface area contributed by atoms with Crippen LogP contribution >= 0.6 is 0 Å². The van der Waals surface area contributed by atoms with Gasteiger partial charge in [0.2, 0.25) is 5.88 Å². The Morgan fingerprint density at radius 1 is 1.44 bits per heavy atom. The fourth-order valence-electron chi connectivity index (χ4n) is 2.02. The van der Waals surface area contributed by atoms with Crippen LogP contribution in [-0.2, 0) is 0 Å². The number of hydrogen-bond donors (Lipinski definition) is 1. The van der Waals surface area contributed by atoms with E-state index in [1.807, 2.05) is 25.3 Å². The normalized spacial score (nSPS) is 20.7. The van der Waals surface area contributed by atoms with E-state index < -0.39 is 0 Å². The van der Waals surface area contributed by atoms with Crippen molar-refractivity contribution in [1.29, 1.82) is 0 Å². The molecule has 0 aliphatic carbocycles. The molecule has 1 aliphatic rings. The fraction of sp³-hybridized carbons (Fsp3) is 0.615. The van der Waals surface area contributed by atoms with Crippen LogP contribution in [0.15, 0.2) is 18.3 Å². The van der Waals surface area contributed by atoms with E-state index >= 15 is 0 Å². The molecule has 3 nitrogen and oxygen atoms in total. The quantitative estimate of drug-likeness (QED) is 0.845. The third-order valence-corrected chi connectivity index (χ3v) is 3.01. The molecule has 0 amide bonds. The van der Waals surface area contributed by atoms with E-state index in [1.165, 1.54) is 24.8 Å². The minimum atomic E-state index is 0.638.